The van der Waals surface area contributed by atoms with Crippen LogP contribution in [0.15, 0.2) is 57.4 Å². The Balaban J connectivity index is 2.10. The number of hydrogen-bond donors (Lipinski definition) is 1. The second-order valence-corrected chi connectivity index (χ2v) is 5.09. The van der Waals surface area contributed by atoms with E-state index in [1.165, 1.54) is 6.07 Å². The lowest BCUT2D eigenvalue weighted by molar-refractivity contribution is 0.187. The van der Waals surface area contributed by atoms with Crippen molar-refractivity contribution in [2.24, 2.45) is 0 Å². The summed E-state index contributed by atoms with van der Waals surface area (Å²) in [7, 11) is 0. The summed E-state index contributed by atoms with van der Waals surface area (Å²) in [6.07, 6.45) is -1.11. The Kier molecular flexibility index (Phi) is 3.12. The first-order chi connectivity index (χ1) is 9.16. The lowest BCUT2D eigenvalue weighted by Crippen LogP contribution is -2.00. The van der Waals surface area contributed by atoms with Gasteiger partial charge in [0.05, 0.1) is 4.47 Å². The molecule has 3 aromatic rings. The van der Waals surface area contributed by atoms with Gasteiger partial charge in [-0.3, -0.25) is 0 Å². The molecule has 0 saturated carbocycles. The maximum atomic E-state index is 13.6. The highest BCUT2D eigenvalue weighted by molar-refractivity contribution is 9.10. The first kappa shape index (κ1) is 12.4. The fourth-order valence-electron chi connectivity index (χ4n) is 2.03. The predicted molar refractivity (Wildman–Crippen MR) is 74.4 cm³/mol. The maximum Gasteiger partial charge on any atom is 0.148 e. The summed E-state index contributed by atoms with van der Waals surface area (Å²) in [4.78, 5) is 0. The third-order valence-electron chi connectivity index (χ3n) is 2.98. The zero-order valence-electron chi connectivity index (χ0n) is 9.81. The van der Waals surface area contributed by atoms with Gasteiger partial charge in [-0.2, -0.15) is 0 Å². The standard InChI is InChI=1S/C15H10BrFO2/c16-11-6-3-4-9-8-13(19-15(9)11)14(18)10-5-1-2-7-12(10)17/h1-8,14,18H. The lowest BCUT2D eigenvalue weighted by Gasteiger charge is -2.08. The Morgan fingerprint density at radius 1 is 1.11 bits per heavy atom. The topological polar surface area (TPSA) is 33.4 Å². The number of halogens is 2. The highest BCUT2D eigenvalue weighted by Gasteiger charge is 2.19. The molecule has 0 spiro atoms. The van der Waals surface area contributed by atoms with Crippen molar-refractivity contribution in [3.05, 3.63) is 70.1 Å². The van der Waals surface area contributed by atoms with Crippen molar-refractivity contribution in [1.29, 1.82) is 0 Å². The van der Waals surface area contributed by atoms with Crippen molar-refractivity contribution in [3.63, 3.8) is 0 Å². The Labute approximate surface area is 117 Å². The van der Waals surface area contributed by atoms with E-state index in [0.717, 1.165) is 9.86 Å². The van der Waals surface area contributed by atoms with E-state index in [1.807, 2.05) is 18.2 Å². The molecule has 0 radical (unpaired) electrons. The van der Waals surface area contributed by atoms with Crippen molar-refractivity contribution in [3.8, 4) is 0 Å². The zero-order valence-corrected chi connectivity index (χ0v) is 11.4. The van der Waals surface area contributed by atoms with Crippen LogP contribution in [0, 0.1) is 5.82 Å². The van der Waals surface area contributed by atoms with E-state index in [2.05, 4.69) is 15.9 Å². The number of benzene rings is 2. The average molecular weight is 321 g/mol. The van der Waals surface area contributed by atoms with Gasteiger partial charge in [0.15, 0.2) is 0 Å². The number of furan rings is 1. The second kappa shape index (κ2) is 4.79. The summed E-state index contributed by atoms with van der Waals surface area (Å²) in [6, 6.07) is 13.4. The number of aliphatic hydroxyl groups excluding tert-OH is 1. The molecule has 96 valence electrons. The minimum atomic E-state index is -1.11. The van der Waals surface area contributed by atoms with Crippen LogP contribution in [0.2, 0.25) is 0 Å². The van der Waals surface area contributed by atoms with Gasteiger partial charge in [0.25, 0.3) is 0 Å². The van der Waals surface area contributed by atoms with Crippen LogP contribution >= 0.6 is 15.9 Å². The quantitative estimate of drug-likeness (QED) is 0.758. The minimum Gasteiger partial charge on any atom is -0.457 e. The van der Waals surface area contributed by atoms with E-state index in [4.69, 9.17) is 4.42 Å². The average Bonchev–Trinajstić information content (AvgIpc) is 2.84. The van der Waals surface area contributed by atoms with Gasteiger partial charge in [-0.1, -0.05) is 30.3 Å². The molecule has 1 aromatic heterocycles. The fraction of sp³-hybridized carbons (Fsp3) is 0.0667. The molecule has 0 aliphatic carbocycles. The third kappa shape index (κ3) is 2.17. The summed E-state index contributed by atoms with van der Waals surface area (Å²) in [5.74, 6) is -0.124. The van der Waals surface area contributed by atoms with Gasteiger partial charge in [0, 0.05) is 10.9 Å². The molecular formula is C15H10BrFO2. The van der Waals surface area contributed by atoms with E-state index >= 15 is 0 Å². The molecule has 0 aliphatic rings. The largest absolute Gasteiger partial charge is 0.457 e. The molecule has 0 saturated heterocycles. The van der Waals surface area contributed by atoms with Crippen molar-refractivity contribution in [2.75, 3.05) is 0 Å². The van der Waals surface area contributed by atoms with Gasteiger partial charge in [0.1, 0.15) is 23.3 Å². The highest BCUT2D eigenvalue weighted by atomic mass is 79.9. The predicted octanol–water partition coefficient (Wildman–Crippen LogP) is 4.42. The van der Waals surface area contributed by atoms with Crippen LogP contribution in [0.25, 0.3) is 11.0 Å². The van der Waals surface area contributed by atoms with Crippen molar-refractivity contribution in [1.82, 2.24) is 0 Å². The van der Waals surface area contributed by atoms with Gasteiger partial charge >= 0.3 is 0 Å². The highest BCUT2D eigenvalue weighted by Crippen LogP contribution is 2.32. The second-order valence-electron chi connectivity index (χ2n) is 4.23. The summed E-state index contributed by atoms with van der Waals surface area (Å²) in [5, 5.41) is 11.1. The Morgan fingerprint density at radius 3 is 2.63 bits per heavy atom. The molecule has 0 fully saturated rings. The lowest BCUT2D eigenvalue weighted by atomic mass is 10.1. The Morgan fingerprint density at radius 2 is 1.89 bits per heavy atom. The van der Waals surface area contributed by atoms with Crippen molar-refractivity contribution >= 4 is 26.9 Å². The van der Waals surface area contributed by atoms with Crippen LogP contribution in [0.3, 0.4) is 0 Å². The molecule has 4 heteroatoms. The molecular weight excluding hydrogens is 311 g/mol. The molecule has 1 unspecified atom stereocenters. The summed E-state index contributed by atoms with van der Waals surface area (Å²) in [5.41, 5.74) is 0.852. The van der Waals surface area contributed by atoms with Crippen LogP contribution in [-0.4, -0.2) is 5.11 Å². The summed E-state index contributed by atoms with van der Waals surface area (Å²) in [6.45, 7) is 0. The molecule has 2 nitrogen and oxygen atoms in total. The molecule has 1 atom stereocenters. The molecule has 0 aliphatic heterocycles. The molecule has 0 amide bonds. The number of aliphatic hydroxyl groups is 1. The zero-order chi connectivity index (χ0) is 13.4. The number of fused-ring (bicyclic) bond motifs is 1. The molecule has 2 aromatic carbocycles. The van der Waals surface area contributed by atoms with E-state index in [-0.39, 0.29) is 5.56 Å². The monoisotopic (exact) mass is 320 g/mol. The number of hydrogen-bond acceptors (Lipinski definition) is 2. The molecule has 19 heavy (non-hydrogen) atoms. The fourth-order valence-corrected chi connectivity index (χ4v) is 2.49. The van der Waals surface area contributed by atoms with E-state index in [9.17, 15) is 9.50 Å². The summed E-state index contributed by atoms with van der Waals surface area (Å²) >= 11 is 3.38. The van der Waals surface area contributed by atoms with E-state index in [0.29, 0.717) is 11.3 Å². The maximum absolute atomic E-state index is 13.6. The number of rotatable bonds is 2. The van der Waals surface area contributed by atoms with Gasteiger partial charge in [-0.15, -0.1) is 0 Å². The first-order valence-electron chi connectivity index (χ1n) is 5.77. The van der Waals surface area contributed by atoms with Crippen LogP contribution < -0.4 is 0 Å². The molecule has 1 heterocycles. The molecule has 0 bridgehead atoms. The molecule has 3 rings (SSSR count). The van der Waals surface area contributed by atoms with Crippen LogP contribution in [0.1, 0.15) is 17.4 Å². The van der Waals surface area contributed by atoms with Crippen LogP contribution in [0.4, 0.5) is 4.39 Å². The minimum absolute atomic E-state index is 0.206. The Hall–Kier alpha value is -1.65. The Bertz CT molecular complexity index is 736. The number of para-hydroxylation sites is 1. The smallest absolute Gasteiger partial charge is 0.148 e. The van der Waals surface area contributed by atoms with E-state index in [1.54, 1.807) is 24.3 Å². The third-order valence-corrected chi connectivity index (χ3v) is 3.61. The summed E-state index contributed by atoms with van der Waals surface area (Å²) < 4.78 is 20.1. The van der Waals surface area contributed by atoms with Gasteiger partial charge < -0.3 is 9.52 Å². The van der Waals surface area contributed by atoms with Crippen LogP contribution in [0.5, 0.6) is 0 Å². The van der Waals surface area contributed by atoms with Crippen molar-refractivity contribution < 1.29 is 13.9 Å². The first-order valence-corrected chi connectivity index (χ1v) is 6.56. The SMILES string of the molecule is OC(c1cc2cccc(Br)c2o1)c1ccccc1F. The van der Waals surface area contributed by atoms with Gasteiger partial charge in [-0.05, 0) is 34.1 Å². The van der Waals surface area contributed by atoms with Crippen molar-refractivity contribution in [2.45, 2.75) is 6.10 Å². The van der Waals surface area contributed by atoms with E-state index < -0.39 is 11.9 Å². The normalized spacial score (nSPS) is 12.8. The van der Waals surface area contributed by atoms with Crippen LogP contribution in [-0.2, 0) is 0 Å². The van der Waals surface area contributed by atoms with Gasteiger partial charge in [-0.25, -0.2) is 4.39 Å². The molecule has 1 N–H and O–H groups in total. The van der Waals surface area contributed by atoms with Gasteiger partial charge in [0.2, 0.25) is 0 Å².